The van der Waals surface area contributed by atoms with E-state index in [1.807, 2.05) is 0 Å². The Bertz CT molecular complexity index is 361. The third-order valence-corrected chi connectivity index (χ3v) is 1.10. The van der Waals surface area contributed by atoms with Crippen molar-refractivity contribution in [3.63, 3.8) is 0 Å². The second-order valence-electron chi connectivity index (χ2n) is 2.12. The van der Waals surface area contributed by atoms with Crippen LogP contribution in [0, 0.1) is 0 Å². The van der Waals surface area contributed by atoms with Gasteiger partial charge in [0.25, 0.3) is 0 Å². The number of ether oxygens (including phenoxy) is 1. The van der Waals surface area contributed by atoms with Crippen LogP contribution in [0.4, 0.5) is 0 Å². The van der Waals surface area contributed by atoms with Crippen LogP contribution in [0.15, 0.2) is 30.6 Å². The van der Waals surface area contributed by atoms with Crippen LogP contribution in [-0.4, -0.2) is 27.0 Å². The van der Waals surface area contributed by atoms with Gasteiger partial charge in [-0.1, -0.05) is 0 Å². The van der Waals surface area contributed by atoms with Gasteiger partial charge in [0.1, 0.15) is 0 Å². The van der Waals surface area contributed by atoms with Gasteiger partial charge in [0, 0.05) is 24.5 Å². The molecule has 0 aliphatic heterocycles. The van der Waals surface area contributed by atoms with E-state index in [0.717, 1.165) is 6.08 Å². The molecule has 14 heavy (non-hydrogen) atoms. The summed E-state index contributed by atoms with van der Waals surface area (Å²) in [4.78, 5) is 28.1. The lowest BCUT2D eigenvalue weighted by Gasteiger charge is -1.95. The molecule has 72 valence electrons. The molecule has 1 N–H and O–H groups in total. The van der Waals surface area contributed by atoms with E-state index in [4.69, 9.17) is 5.11 Å². The number of nitrogens with zero attached hydrogens (tertiary/aromatic N) is 2. The Balaban J connectivity index is 2.54. The molecule has 0 aliphatic rings. The Kier molecular flexibility index (Phi) is 3.31. The minimum Gasteiger partial charge on any atom is -0.478 e. The van der Waals surface area contributed by atoms with Crippen LogP contribution in [0.5, 0.6) is 6.01 Å². The monoisotopic (exact) mass is 194 g/mol. The largest absolute Gasteiger partial charge is 0.478 e. The number of carboxylic acid groups (broad SMARTS) is 1. The third-order valence-electron chi connectivity index (χ3n) is 1.10. The molecule has 0 saturated heterocycles. The summed E-state index contributed by atoms with van der Waals surface area (Å²) in [7, 11) is 0. The average molecular weight is 194 g/mol. The molecule has 0 fully saturated rings. The van der Waals surface area contributed by atoms with E-state index in [2.05, 4.69) is 14.7 Å². The van der Waals surface area contributed by atoms with Crippen molar-refractivity contribution in [1.82, 2.24) is 9.97 Å². The van der Waals surface area contributed by atoms with Gasteiger partial charge in [0.05, 0.1) is 0 Å². The van der Waals surface area contributed by atoms with Gasteiger partial charge < -0.3 is 9.84 Å². The fourth-order valence-electron chi connectivity index (χ4n) is 0.601. The quantitative estimate of drug-likeness (QED) is 0.539. The summed E-state index contributed by atoms with van der Waals surface area (Å²) in [5.41, 5.74) is 0. The van der Waals surface area contributed by atoms with Crippen molar-refractivity contribution in [2.45, 2.75) is 0 Å². The molecule has 1 rings (SSSR count). The molecule has 0 radical (unpaired) electrons. The summed E-state index contributed by atoms with van der Waals surface area (Å²) in [6.07, 6.45) is 4.25. The predicted molar refractivity (Wildman–Crippen MR) is 44.4 cm³/mol. The summed E-state index contributed by atoms with van der Waals surface area (Å²) < 4.78 is 4.55. The number of carboxylic acids is 1. The molecule has 0 aliphatic carbocycles. The zero-order chi connectivity index (χ0) is 10.4. The maximum atomic E-state index is 10.9. The van der Waals surface area contributed by atoms with Crippen molar-refractivity contribution in [3.8, 4) is 6.01 Å². The molecule has 0 saturated carbocycles. The highest BCUT2D eigenvalue weighted by molar-refractivity contribution is 5.91. The standard InChI is InChI=1S/C8H6N2O4/c11-6(12)2-3-7(13)14-8-9-4-1-5-10-8/h1-5H,(H,11,12)/b3-2-. The Morgan fingerprint density at radius 1 is 1.29 bits per heavy atom. The Morgan fingerprint density at radius 2 is 1.93 bits per heavy atom. The normalized spacial score (nSPS) is 10.0. The molecule has 0 spiro atoms. The minimum absolute atomic E-state index is 0.118. The van der Waals surface area contributed by atoms with Crippen LogP contribution in [0.3, 0.4) is 0 Å². The molecule has 0 atom stereocenters. The second kappa shape index (κ2) is 4.70. The number of aromatic nitrogens is 2. The third kappa shape index (κ3) is 3.44. The number of carbonyl (C=O) groups is 2. The van der Waals surface area contributed by atoms with Crippen molar-refractivity contribution < 1.29 is 19.4 Å². The summed E-state index contributed by atoms with van der Waals surface area (Å²) in [5, 5.41) is 8.20. The lowest BCUT2D eigenvalue weighted by molar-refractivity contribution is -0.133. The zero-order valence-corrected chi connectivity index (χ0v) is 6.95. The summed E-state index contributed by atoms with van der Waals surface area (Å²) in [6.45, 7) is 0. The first-order valence-corrected chi connectivity index (χ1v) is 3.58. The van der Waals surface area contributed by atoms with Gasteiger partial charge in [0.2, 0.25) is 0 Å². The van der Waals surface area contributed by atoms with Gasteiger partial charge in [-0.3, -0.25) is 0 Å². The van der Waals surface area contributed by atoms with Crippen LogP contribution < -0.4 is 4.74 Å². The molecule has 0 bridgehead atoms. The number of esters is 1. The Hall–Kier alpha value is -2.24. The first kappa shape index (κ1) is 9.85. The van der Waals surface area contributed by atoms with Crippen molar-refractivity contribution >= 4 is 11.9 Å². The first-order chi connectivity index (χ1) is 6.68. The lowest BCUT2D eigenvalue weighted by Crippen LogP contribution is -2.07. The molecular formula is C8H6N2O4. The van der Waals surface area contributed by atoms with E-state index in [9.17, 15) is 9.59 Å². The fourth-order valence-corrected chi connectivity index (χ4v) is 0.601. The van der Waals surface area contributed by atoms with Crippen LogP contribution in [0.2, 0.25) is 0 Å². The molecule has 6 heteroatoms. The fraction of sp³-hybridized carbons (Fsp3) is 0. The van der Waals surface area contributed by atoms with E-state index >= 15 is 0 Å². The van der Waals surface area contributed by atoms with E-state index in [-0.39, 0.29) is 6.01 Å². The number of hydrogen-bond donors (Lipinski definition) is 1. The maximum Gasteiger partial charge on any atom is 0.338 e. The van der Waals surface area contributed by atoms with Crippen molar-refractivity contribution in [2.75, 3.05) is 0 Å². The molecule has 0 amide bonds. The van der Waals surface area contributed by atoms with Crippen LogP contribution in [0.1, 0.15) is 0 Å². The molecule has 0 aromatic carbocycles. The summed E-state index contributed by atoms with van der Waals surface area (Å²) >= 11 is 0. The number of carbonyl (C=O) groups excluding carboxylic acids is 1. The van der Waals surface area contributed by atoms with Crippen molar-refractivity contribution in [2.24, 2.45) is 0 Å². The number of rotatable bonds is 3. The molecule has 0 unspecified atom stereocenters. The van der Waals surface area contributed by atoms with Gasteiger partial charge in [-0.05, 0) is 6.07 Å². The highest BCUT2D eigenvalue weighted by Gasteiger charge is 2.02. The maximum absolute atomic E-state index is 10.9. The summed E-state index contributed by atoms with van der Waals surface area (Å²) in [5.74, 6) is -2.06. The molecule has 1 aromatic heterocycles. The van der Waals surface area contributed by atoms with Gasteiger partial charge in [0.15, 0.2) is 0 Å². The van der Waals surface area contributed by atoms with Gasteiger partial charge in [-0.15, -0.1) is 0 Å². The molecular weight excluding hydrogens is 188 g/mol. The van der Waals surface area contributed by atoms with Gasteiger partial charge >= 0.3 is 17.9 Å². The van der Waals surface area contributed by atoms with Crippen LogP contribution in [-0.2, 0) is 9.59 Å². The molecule has 1 aromatic rings. The van der Waals surface area contributed by atoms with E-state index in [0.29, 0.717) is 6.08 Å². The van der Waals surface area contributed by atoms with Crippen molar-refractivity contribution in [3.05, 3.63) is 30.6 Å². The Morgan fingerprint density at radius 3 is 2.50 bits per heavy atom. The summed E-state index contributed by atoms with van der Waals surface area (Å²) in [6, 6.07) is 1.44. The van der Waals surface area contributed by atoms with Gasteiger partial charge in [-0.25, -0.2) is 19.6 Å². The topological polar surface area (TPSA) is 89.4 Å². The van der Waals surface area contributed by atoms with Crippen LogP contribution >= 0.6 is 0 Å². The molecule has 6 nitrogen and oxygen atoms in total. The minimum atomic E-state index is -1.23. The highest BCUT2D eigenvalue weighted by atomic mass is 16.5. The predicted octanol–water partition coefficient (Wildman–Crippen LogP) is 0.0228. The SMILES string of the molecule is O=C(O)/C=C\C(=O)Oc1ncccn1. The zero-order valence-electron chi connectivity index (χ0n) is 6.95. The second-order valence-corrected chi connectivity index (χ2v) is 2.12. The number of hydrogen-bond acceptors (Lipinski definition) is 5. The number of aliphatic carboxylic acids is 1. The highest BCUT2D eigenvalue weighted by Crippen LogP contribution is 1.97. The first-order valence-electron chi connectivity index (χ1n) is 3.58. The average Bonchev–Trinajstić information content (AvgIpc) is 2.16. The Labute approximate surface area is 78.9 Å². The molecule has 1 heterocycles. The van der Waals surface area contributed by atoms with Crippen molar-refractivity contribution in [1.29, 1.82) is 0 Å². The lowest BCUT2D eigenvalue weighted by atomic mass is 10.5. The van der Waals surface area contributed by atoms with Crippen LogP contribution in [0.25, 0.3) is 0 Å². The van der Waals surface area contributed by atoms with Gasteiger partial charge in [-0.2, -0.15) is 0 Å². The van der Waals surface area contributed by atoms with E-state index in [1.165, 1.54) is 12.4 Å². The van der Waals surface area contributed by atoms with E-state index < -0.39 is 11.9 Å². The van der Waals surface area contributed by atoms with E-state index in [1.54, 1.807) is 6.07 Å². The smallest absolute Gasteiger partial charge is 0.338 e.